The Morgan fingerprint density at radius 2 is 1.30 bits per heavy atom. The number of aryl methyl sites for hydroxylation is 2. The third kappa shape index (κ3) is 5.02. The Labute approximate surface area is 224 Å². The van der Waals surface area contributed by atoms with Crippen LogP contribution in [0.3, 0.4) is 0 Å². The van der Waals surface area contributed by atoms with Crippen molar-refractivity contribution in [2.45, 2.75) is 27.7 Å². The molecule has 3 aromatic carbocycles. The molecule has 0 atom stereocenters. The van der Waals surface area contributed by atoms with Gasteiger partial charge in [-0.2, -0.15) is 0 Å². The highest BCUT2D eigenvalue weighted by Crippen LogP contribution is 2.38. The Morgan fingerprint density at radius 3 is 1.78 bits per heavy atom. The first-order chi connectivity index (χ1) is 17.8. The van der Waals surface area contributed by atoms with E-state index in [2.05, 4.69) is 15.9 Å². The number of hydrogen-bond donors (Lipinski definition) is 0. The molecule has 3 aromatic rings. The quantitative estimate of drug-likeness (QED) is 0.244. The van der Waals surface area contributed by atoms with E-state index in [4.69, 9.17) is 9.47 Å². The van der Waals surface area contributed by atoms with Gasteiger partial charge in [0.2, 0.25) is 0 Å². The fourth-order valence-corrected chi connectivity index (χ4v) is 4.74. The zero-order valence-corrected chi connectivity index (χ0v) is 22.7. The van der Waals surface area contributed by atoms with Gasteiger partial charge >= 0.3 is 6.03 Å². The predicted octanol–water partition coefficient (Wildman–Crippen LogP) is 6.45. The van der Waals surface area contributed by atoms with Gasteiger partial charge in [0.05, 0.1) is 29.1 Å². The third-order valence-electron chi connectivity index (χ3n) is 5.89. The molecule has 0 unspecified atom stereocenters. The van der Waals surface area contributed by atoms with Gasteiger partial charge in [-0.1, -0.05) is 36.4 Å². The molecule has 0 bridgehead atoms. The Morgan fingerprint density at radius 1 is 0.784 bits per heavy atom. The molecule has 8 heteroatoms. The van der Waals surface area contributed by atoms with Crippen molar-refractivity contribution < 1.29 is 23.9 Å². The Hall–Kier alpha value is -3.91. The average Bonchev–Trinajstić information content (AvgIpc) is 2.86. The number of carbonyl (C=O) groups excluding carboxylic acids is 3. The topological polar surface area (TPSA) is 76.2 Å². The number of rotatable bonds is 7. The summed E-state index contributed by atoms with van der Waals surface area (Å²) in [6.45, 7) is 8.19. The van der Waals surface area contributed by atoms with Crippen molar-refractivity contribution in [2.75, 3.05) is 23.0 Å². The standard InChI is InChI=1S/C29H27BrN2O5/c1-5-36-25-17-20(16-22(30)26(25)37-6-2)15-21-27(33)31(23-13-9-7-11-18(23)3)29(35)32(28(21)34)24-14-10-8-12-19(24)4/h7-17H,5-6H2,1-4H3. The molecule has 4 amide bonds. The van der Waals surface area contributed by atoms with Crippen LogP contribution in [-0.4, -0.2) is 31.1 Å². The average molecular weight is 563 g/mol. The van der Waals surface area contributed by atoms with E-state index in [-0.39, 0.29) is 5.57 Å². The van der Waals surface area contributed by atoms with Crippen LogP contribution in [0.4, 0.5) is 16.2 Å². The second-order valence-corrected chi connectivity index (χ2v) is 9.25. The molecule has 190 valence electrons. The molecule has 0 radical (unpaired) electrons. The maximum absolute atomic E-state index is 13.8. The lowest BCUT2D eigenvalue weighted by Crippen LogP contribution is -2.57. The summed E-state index contributed by atoms with van der Waals surface area (Å²) in [5, 5.41) is 0. The summed E-state index contributed by atoms with van der Waals surface area (Å²) in [7, 11) is 0. The molecule has 0 aromatic heterocycles. The van der Waals surface area contributed by atoms with Crippen LogP contribution in [0, 0.1) is 13.8 Å². The second kappa shape index (κ2) is 11.0. The van der Waals surface area contributed by atoms with Crippen LogP contribution < -0.4 is 19.3 Å². The van der Waals surface area contributed by atoms with Crippen molar-refractivity contribution in [3.63, 3.8) is 0 Å². The minimum Gasteiger partial charge on any atom is -0.490 e. The monoisotopic (exact) mass is 562 g/mol. The number of anilines is 2. The van der Waals surface area contributed by atoms with Crippen LogP contribution >= 0.6 is 15.9 Å². The van der Waals surface area contributed by atoms with Crippen LogP contribution in [0.15, 0.2) is 70.7 Å². The SMILES string of the molecule is CCOc1cc(C=C2C(=O)N(c3ccccc3C)C(=O)N(c3ccccc3C)C2=O)cc(Br)c1OCC. The minimum atomic E-state index is -0.723. The van der Waals surface area contributed by atoms with E-state index in [0.29, 0.717) is 46.1 Å². The van der Waals surface area contributed by atoms with Gasteiger partial charge in [-0.25, -0.2) is 14.6 Å². The lowest BCUT2D eigenvalue weighted by Gasteiger charge is -2.35. The summed E-state index contributed by atoms with van der Waals surface area (Å²) < 4.78 is 12.1. The van der Waals surface area contributed by atoms with E-state index in [9.17, 15) is 14.4 Å². The van der Waals surface area contributed by atoms with Crippen LogP contribution in [-0.2, 0) is 9.59 Å². The van der Waals surface area contributed by atoms with Crippen molar-refractivity contribution in [1.82, 2.24) is 0 Å². The van der Waals surface area contributed by atoms with Gasteiger partial charge < -0.3 is 9.47 Å². The largest absolute Gasteiger partial charge is 0.490 e. The van der Waals surface area contributed by atoms with E-state index in [1.54, 1.807) is 36.4 Å². The van der Waals surface area contributed by atoms with Crippen molar-refractivity contribution in [3.8, 4) is 11.5 Å². The van der Waals surface area contributed by atoms with Gasteiger partial charge in [-0.3, -0.25) is 9.59 Å². The number of imide groups is 2. The summed E-state index contributed by atoms with van der Waals surface area (Å²) in [5.74, 6) is -0.385. The number of nitrogens with zero attached hydrogens (tertiary/aromatic N) is 2. The van der Waals surface area contributed by atoms with Gasteiger partial charge in [-0.15, -0.1) is 0 Å². The van der Waals surface area contributed by atoms with Crippen LogP contribution in [0.25, 0.3) is 6.08 Å². The maximum atomic E-state index is 13.8. The Kier molecular flexibility index (Phi) is 7.78. The molecule has 37 heavy (non-hydrogen) atoms. The predicted molar refractivity (Wildman–Crippen MR) is 147 cm³/mol. The molecule has 1 aliphatic heterocycles. The number of para-hydroxylation sites is 2. The number of hydrogen-bond acceptors (Lipinski definition) is 5. The summed E-state index contributed by atoms with van der Waals surface area (Å²) in [6, 6.07) is 16.9. The summed E-state index contributed by atoms with van der Waals surface area (Å²) in [4.78, 5) is 43.3. The van der Waals surface area contributed by atoms with Gasteiger partial charge in [0.25, 0.3) is 11.8 Å². The highest BCUT2D eigenvalue weighted by Gasteiger charge is 2.44. The van der Waals surface area contributed by atoms with Crippen molar-refractivity contribution >= 4 is 51.2 Å². The normalized spacial score (nSPS) is 13.8. The van der Waals surface area contributed by atoms with Gasteiger partial charge in [0, 0.05) is 0 Å². The summed E-state index contributed by atoms with van der Waals surface area (Å²) >= 11 is 3.51. The molecular weight excluding hydrogens is 536 g/mol. The molecule has 1 saturated heterocycles. The van der Waals surface area contributed by atoms with Gasteiger partial charge in [-0.05, 0) is 90.7 Å². The molecule has 0 N–H and O–H groups in total. The van der Waals surface area contributed by atoms with Gasteiger partial charge in [0.1, 0.15) is 5.57 Å². The minimum absolute atomic E-state index is 0.149. The van der Waals surface area contributed by atoms with Crippen LogP contribution in [0.2, 0.25) is 0 Å². The molecular formula is C29H27BrN2O5. The Bertz CT molecular complexity index is 1350. The lowest BCUT2D eigenvalue weighted by molar-refractivity contribution is -0.121. The van der Waals surface area contributed by atoms with Gasteiger partial charge in [0.15, 0.2) is 11.5 Å². The van der Waals surface area contributed by atoms with E-state index in [1.165, 1.54) is 6.08 Å². The summed E-state index contributed by atoms with van der Waals surface area (Å²) in [6.07, 6.45) is 1.48. The number of halogens is 1. The number of ether oxygens (including phenoxy) is 2. The van der Waals surface area contributed by atoms with E-state index < -0.39 is 17.8 Å². The second-order valence-electron chi connectivity index (χ2n) is 8.39. The van der Waals surface area contributed by atoms with Crippen molar-refractivity contribution in [1.29, 1.82) is 0 Å². The molecule has 0 aliphatic carbocycles. The van der Waals surface area contributed by atoms with E-state index in [0.717, 1.165) is 20.9 Å². The lowest BCUT2D eigenvalue weighted by atomic mass is 10.0. The third-order valence-corrected chi connectivity index (χ3v) is 6.48. The number of amides is 4. The number of carbonyl (C=O) groups is 3. The van der Waals surface area contributed by atoms with Crippen LogP contribution in [0.5, 0.6) is 11.5 Å². The molecule has 1 fully saturated rings. The van der Waals surface area contributed by atoms with E-state index in [1.807, 2.05) is 52.0 Å². The highest BCUT2D eigenvalue weighted by atomic mass is 79.9. The zero-order chi connectivity index (χ0) is 26.7. The van der Waals surface area contributed by atoms with Crippen LogP contribution in [0.1, 0.15) is 30.5 Å². The Balaban J connectivity index is 1.91. The first kappa shape index (κ1) is 26.2. The zero-order valence-electron chi connectivity index (χ0n) is 21.1. The fourth-order valence-electron chi connectivity index (χ4n) is 4.17. The summed E-state index contributed by atoms with van der Waals surface area (Å²) in [5.41, 5.74) is 2.67. The maximum Gasteiger partial charge on any atom is 0.343 e. The van der Waals surface area contributed by atoms with E-state index >= 15 is 0 Å². The molecule has 0 saturated carbocycles. The first-order valence-electron chi connectivity index (χ1n) is 11.9. The highest BCUT2D eigenvalue weighted by molar-refractivity contribution is 9.10. The van der Waals surface area contributed by atoms with Crippen molar-refractivity contribution in [2.24, 2.45) is 0 Å². The number of urea groups is 1. The molecule has 0 spiro atoms. The fraction of sp³-hybridized carbons (Fsp3) is 0.207. The molecule has 7 nitrogen and oxygen atoms in total. The van der Waals surface area contributed by atoms with Crippen molar-refractivity contribution in [3.05, 3.63) is 87.4 Å². The smallest absolute Gasteiger partial charge is 0.343 e. The first-order valence-corrected chi connectivity index (χ1v) is 12.7. The molecule has 1 aliphatic rings. The number of barbiturate groups is 1. The molecule has 4 rings (SSSR count). The molecule has 1 heterocycles. The number of benzene rings is 3.